The van der Waals surface area contributed by atoms with E-state index >= 15 is 0 Å². The number of carbonyl (C=O) groups excluding carboxylic acids is 1. The number of carbonyl (C=O) groups is 1. The number of rotatable bonds is 9. The standard InChI is InChI=1S/C29H30N2O5S/c1-5-7-10-15-35-22-14-13-19(16-23(22)34-6-2)25-24-26(32)20-11-8-9-12-21(20)36-27(24)28(33)31(25)29-30-17(3)18(4)37-29/h8-9,11-14,16,25H,5-7,10,15H2,1-4H3/t25-/m0/s1. The van der Waals surface area contributed by atoms with Crippen molar-refractivity contribution in [2.45, 2.75) is 53.0 Å². The molecule has 1 atom stereocenters. The van der Waals surface area contributed by atoms with E-state index in [4.69, 9.17) is 13.9 Å². The summed E-state index contributed by atoms with van der Waals surface area (Å²) in [6, 6.07) is 11.9. The fraction of sp³-hybridized carbons (Fsp3) is 0.345. The summed E-state index contributed by atoms with van der Waals surface area (Å²) in [5.74, 6) is 0.893. The van der Waals surface area contributed by atoms with Crippen LogP contribution in [0.15, 0.2) is 51.7 Å². The maximum absolute atomic E-state index is 13.8. The lowest BCUT2D eigenvalue weighted by atomic mass is 9.98. The van der Waals surface area contributed by atoms with Crippen LogP contribution in [0.2, 0.25) is 0 Å². The van der Waals surface area contributed by atoms with Gasteiger partial charge in [-0.3, -0.25) is 14.5 Å². The number of hydrogen-bond donors (Lipinski definition) is 0. The first-order valence-corrected chi connectivity index (χ1v) is 13.5. The highest BCUT2D eigenvalue weighted by Gasteiger charge is 2.45. The number of aromatic nitrogens is 1. The molecule has 1 aliphatic heterocycles. The molecule has 0 N–H and O–H groups in total. The van der Waals surface area contributed by atoms with Crippen LogP contribution in [0.25, 0.3) is 11.0 Å². The normalized spacial score (nSPS) is 14.9. The smallest absolute Gasteiger partial charge is 0.297 e. The van der Waals surface area contributed by atoms with Gasteiger partial charge in [0, 0.05) is 4.88 Å². The Hall–Kier alpha value is -3.65. The maximum Gasteiger partial charge on any atom is 0.297 e. The van der Waals surface area contributed by atoms with E-state index in [1.807, 2.05) is 39.0 Å². The molecule has 0 unspecified atom stereocenters. The Kier molecular flexibility index (Phi) is 7.02. The second-order valence-electron chi connectivity index (χ2n) is 9.08. The van der Waals surface area contributed by atoms with Crippen LogP contribution in [0.3, 0.4) is 0 Å². The molecule has 7 nitrogen and oxygen atoms in total. The van der Waals surface area contributed by atoms with Crippen LogP contribution in [0.1, 0.15) is 71.4 Å². The predicted octanol–water partition coefficient (Wildman–Crippen LogP) is 6.58. The molecule has 3 heterocycles. The van der Waals surface area contributed by atoms with Gasteiger partial charge in [-0.25, -0.2) is 4.98 Å². The number of para-hydroxylation sites is 1. The number of aryl methyl sites for hydroxylation is 2. The van der Waals surface area contributed by atoms with Crippen molar-refractivity contribution in [2.24, 2.45) is 0 Å². The predicted molar refractivity (Wildman–Crippen MR) is 145 cm³/mol. The molecule has 1 aliphatic rings. The van der Waals surface area contributed by atoms with Crippen LogP contribution < -0.4 is 19.8 Å². The quantitative estimate of drug-likeness (QED) is 0.233. The number of unbranched alkanes of at least 4 members (excludes halogenated alkanes) is 2. The third-order valence-corrected chi connectivity index (χ3v) is 7.66. The SMILES string of the molecule is CCCCCOc1ccc([C@H]2c3c(oc4ccccc4c3=O)C(=O)N2c2nc(C)c(C)s2)cc1OCC. The number of amides is 1. The molecular formula is C29H30N2O5S. The van der Waals surface area contributed by atoms with Crippen LogP contribution in [0, 0.1) is 13.8 Å². The van der Waals surface area contributed by atoms with Crippen molar-refractivity contribution in [2.75, 3.05) is 18.1 Å². The second-order valence-corrected chi connectivity index (χ2v) is 10.3. The van der Waals surface area contributed by atoms with Crippen molar-refractivity contribution >= 4 is 33.3 Å². The van der Waals surface area contributed by atoms with E-state index in [1.165, 1.54) is 11.3 Å². The van der Waals surface area contributed by atoms with Gasteiger partial charge >= 0.3 is 0 Å². The molecule has 2 aromatic carbocycles. The van der Waals surface area contributed by atoms with Gasteiger partial charge in [0.1, 0.15) is 5.58 Å². The highest BCUT2D eigenvalue weighted by atomic mass is 32.1. The number of ether oxygens (including phenoxy) is 2. The van der Waals surface area contributed by atoms with Gasteiger partial charge in [0.15, 0.2) is 22.1 Å². The summed E-state index contributed by atoms with van der Waals surface area (Å²) >= 11 is 1.42. The van der Waals surface area contributed by atoms with Gasteiger partial charge in [-0.2, -0.15) is 0 Å². The van der Waals surface area contributed by atoms with E-state index in [9.17, 15) is 9.59 Å². The fourth-order valence-electron chi connectivity index (χ4n) is 4.61. The average molecular weight is 519 g/mol. The first-order chi connectivity index (χ1) is 17.9. The van der Waals surface area contributed by atoms with Gasteiger partial charge in [0.05, 0.1) is 35.9 Å². The molecule has 0 saturated heterocycles. The van der Waals surface area contributed by atoms with Crippen LogP contribution in [-0.2, 0) is 0 Å². The van der Waals surface area contributed by atoms with Gasteiger partial charge in [0.2, 0.25) is 5.76 Å². The van der Waals surface area contributed by atoms with Crippen molar-refractivity contribution in [1.82, 2.24) is 4.98 Å². The van der Waals surface area contributed by atoms with E-state index in [2.05, 4.69) is 11.9 Å². The third-order valence-electron chi connectivity index (χ3n) is 6.59. The Balaban J connectivity index is 1.67. The van der Waals surface area contributed by atoms with E-state index in [0.29, 0.717) is 46.4 Å². The molecule has 0 aliphatic carbocycles. The summed E-state index contributed by atoms with van der Waals surface area (Å²) in [5.41, 5.74) is 2.05. The molecule has 5 rings (SSSR count). The minimum Gasteiger partial charge on any atom is -0.490 e. The molecule has 192 valence electrons. The molecule has 0 bridgehead atoms. The summed E-state index contributed by atoms with van der Waals surface area (Å²) < 4.78 is 18.0. The fourth-order valence-corrected chi connectivity index (χ4v) is 5.54. The van der Waals surface area contributed by atoms with E-state index < -0.39 is 6.04 Å². The van der Waals surface area contributed by atoms with Gasteiger partial charge < -0.3 is 13.9 Å². The Morgan fingerprint density at radius 1 is 1.03 bits per heavy atom. The van der Waals surface area contributed by atoms with Crippen LogP contribution in [-0.4, -0.2) is 24.1 Å². The van der Waals surface area contributed by atoms with Gasteiger partial charge in [-0.1, -0.05) is 38.0 Å². The van der Waals surface area contributed by atoms with E-state index in [1.54, 1.807) is 29.2 Å². The van der Waals surface area contributed by atoms with Crippen LogP contribution in [0.4, 0.5) is 5.13 Å². The molecule has 0 fully saturated rings. The van der Waals surface area contributed by atoms with Gasteiger partial charge in [-0.15, -0.1) is 11.3 Å². The van der Waals surface area contributed by atoms with Crippen LogP contribution >= 0.6 is 11.3 Å². The number of benzene rings is 2. The lowest BCUT2D eigenvalue weighted by Crippen LogP contribution is -2.29. The topological polar surface area (TPSA) is 81.9 Å². The van der Waals surface area contributed by atoms with E-state index in [-0.39, 0.29) is 17.1 Å². The number of nitrogens with zero attached hydrogens (tertiary/aromatic N) is 2. The highest BCUT2D eigenvalue weighted by molar-refractivity contribution is 7.15. The molecule has 0 saturated carbocycles. The van der Waals surface area contributed by atoms with Crippen molar-refractivity contribution in [3.63, 3.8) is 0 Å². The Morgan fingerprint density at radius 2 is 1.84 bits per heavy atom. The molecule has 4 aromatic rings. The summed E-state index contributed by atoms with van der Waals surface area (Å²) in [4.78, 5) is 34.8. The third kappa shape index (κ3) is 4.50. The molecule has 0 radical (unpaired) electrons. The average Bonchev–Trinajstić information content (AvgIpc) is 3.38. The summed E-state index contributed by atoms with van der Waals surface area (Å²) in [5, 5.41) is 0.964. The van der Waals surface area contributed by atoms with Gasteiger partial charge in [-0.05, 0) is 57.0 Å². The first kappa shape index (κ1) is 25.0. The van der Waals surface area contributed by atoms with Gasteiger partial charge in [0.25, 0.3) is 5.91 Å². The van der Waals surface area contributed by atoms with Crippen molar-refractivity contribution < 1.29 is 18.7 Å². The maximum atomic E-state index is 13.8. The summed E-state index contributed by atoms with van der Waals surface area (Å²) in [6.07, 6.45) is 3.16. The molecule has 2 aromatic heterocycles. The lowest BCUT2D eigenvalue weighted by molar-refractivity contribution is 0.0971. The number of hydrogen-bond acceptors (Lipinski definition) is 7. The zero-order chi connectivity index (χ0) is 26.1. The molecule has 37 heavy (non-hydrogen) atoms. The first-order valence-electron chi connectivity index (χ1n) is 12.7. The second kappa shape index (κ2) is 10.4. The highest BCUT2D eigenvalue weighted by Crippen LogP contribution is 2.44. The summed E-state index contributed by atoms with van der Waals surface area (Å²) in [6.45, 7) is 8.99. The minimum atomic E-state index is -0.707. The number of thiazole rings is 1. The van der Waals surface area contributed by atoms with Crippen molar-refractivity contribution in [1.29, 1.82) is 0 Å². The Morgan fingerprint density at radius 3 is 2.57 bits per heavy atom. The largest absolute Gasteiger partial charge is 0.490 e. The molecular weight excluding hydrogens is 488 g/mol. The number of fused-ring (bicyclic) bond motifs is 2. The van der Waals surface area contributed by atoms with Crippen LogP contribution in [0.5, 0.6) is 11.5 Å². The summed E-state index contributed by atoms with van der Waals surface area (Å²) in [7, 11) is 0. The zero-order valence-corrected chi connectivity index (χ0v) is 22.3. The van der Waals surface area contributed by atoms with Crippen molar-refractivity contribution in [3.05, 3.63) is 80.1 Å². The molecule has 1 amide bonds. The van der Waals surface area contributed by atoms with E-state index in [0.717, 1.165) is 35.4 Å². The molecule has 8 heteroatoms. The minimum absolute atomic E-state index is 0.0528. The zero-order valence-electron chi connectivity index (χ0n) is 21.5. The number of anilines is 1. The monoisotopic (exact) mass is 518 g/mol. The lowest BCUT2D eigenvalue weighted by Gasteiger charge is -2.23. The Bertz CT molecular complexity index is 1500. The Labute approximate surface area is 219 Å². The molecule has 0 spiro atoms. The van der Waals surface area contributed by atoms with Crippen molar-refractivity contribution in [3.8, 4) is 11.5 Å².